The van der Waals surface area contributed by atoms with Gasteiger partial charge in [0.05, 0.1) is 19.3 Å². The van der Waals surface area contributed by atoms with E-state index in [1.807, 2.05) is 11.6 Å². The number of halogens is 1. The maximum atomic E-state index is 5.73. The Morgan fingerprint density at radius 2 is 1.95 bits per heavy atom. The van der Waals surface area contributed by atoms with E-state index in [2.05, 4.69) is 47.8 Å². The minimum atomic E-state index is 0.419. The Hall–Kier alpha value is -1.33. The highest BCUT2D eigenvalue weighted by Crippen LogP contribution is 2.37. The number of aryl methyl sites for hydroxylation is 1. The van der Waals surface area contributed by atoms with Gasteiger partial charge in [-0.25, -0.2) is 4.98 Å². The predicted molar refractivity (Wildman–Crippen MR) is 85.0 cm³/mol. The van der Waals surface area contributed by atoms with Gasteiger partial charge in [0, 0.05) is 12.6 Å². The Balaban J connectivity index is 2.74. The lowest BCUT2D eigenvalue weighted by molar-refractivity contribution is 0.408. The molecule has 2 aromatic rings. The Morgan fingerprint density at radius 1 is 1.30 bits per heavy atom. The van der Waals surface area contributed by atoms with Crippen molar-refractivity contribution >= 4 is 15.9 Å². The van der Waals surface area contributed by atoms with Crippen molar-refractivity contribution in [2.75, 3.05) is 7.11 Å². The fourth-order valence-corrected chi connectivity index (χ4v) is 3.29. The lowest BCUT2D eigenvalue weighted by Gasteiger charge is -2.16. The highest BCUT2D eigenvalue weighted by atomic mass is 79.9. The minimum absolute atomic E-state index is 0.419. The molecule has 5 heteroatoms. The van der Waals surface area contributed by atoms with Gasteiger partial charge in [0.1, 0.15) is 16.2 Å². The van der Waals surface area contributed by atoms with Crippen LogP contribution in [0, 0.1) is 20.8 Å². The lowest BCUT2D eigenvalue weighted by atomic mass is 9.97. The molecule has 0 spiro atoms. The molecule has 0 fully saturated rings. The Kier molecular flexibility index (Phi) is 4.20. The lowest BCUT2D eigenvalue weighted by Crippen LogP contribution is -2.06. The van der Waals surface area contributed by atoms with Crippen molar-refractivity contribution in [3.05, 3.63) is 33.2 Å². The van der Waals surface area contributed by atoms with Crippen LogP contribution in [0.15, 0.2) is 10.7 Å². The number of nitrogens with two attached hydrogens (primary N) is 1. The standard InChI is InChI=1S/C15H20BrN3O/c1-8-6-11(9(2)10(3)14(8)20-5)13-15(16)18-12(7-17)19(13)4/h6H,7,17H2,1-5H3. The summed E-state index contributed by atoms with van der Waals surface area (Å²) in [5.41, 5.74) is 11.4. The summed E-state index contributed by atoms with van der Waals surface area (Å²) in [4.78, 5) is 4.47. The van der Waals surface area contributed by atoms with Gasteiger partial charge in [0.2, 0.25) is 0 Å². The van der Waals surface area contributed by atoms with E-state index in [0.717, 1.165) is 38.6 Å². The third kappa shape index (κ3) is 2.25. The normalized spacial score (nSPS) is 10.9. The molecule has 0 aliphatic rings. The number of ether oxygens (including phenoxy) is 1. The van der Waals surface area contributed by atoms with Crippen molar-refractivity contribution in [1.82, 2.24) is 9.55 Å². The first-order valence-electron chi connectivity index (χ1n) is 6.48. The van der Waals surface area contributed by atoms with Crippen molar-refractivity contribution in [2.24, 2.45) is 12.8 Å². The van der Waals surface area contributed by atoms with Crippen molar-refractivity contribution < 1.29 is 4.74 Å². The fraction of sp³-hybridized carbons (Fsp3) is 0.400. The number of methoxy groups -OCH3 is 1. The topological polar surface area (TPSA) is 53.1 Å². The van der Waals surface area contributed by atoms with E-state index in [9.17, 15) is 0 Å². The van der Waals surface area contributed by atoms with E-state index < -0.39 is 0 Å². The van der Waals surface area contributed by atoms with Crippen molar-refractivity contribution in [1.29, 1.82) is 0 Å². The molecule has 108 valence electrons. The number of hydrogen-bond donors (Lipinski definition) is 1. The van der Waals surface area contributed by atoms with Crippen molar-refractivity contribution in [2.45, 2.75) is 27.3 Å². The molecule has 1 aromatic heterocycles. The molecule has 0 aliphatic heterocycles. The van der Waals surface area contributed by atoms with E-state index >= 15 is 0 Å². The third-order valence-electron chi connectivity index (χ3n) is 3.81. The number of hydrogen-bond acceptors (Lipinski definition) is 3. The second kappa shape index (κ2) is 5.58. The first-order chi connectivity index (χ1) is 9.42. The highest BCUT2D eigenvalue weighted by molar-refractivity contribution is 9.10. The molecule has 2 rings (SSSR count). The molecule has 2 N–H and O–H groups in total. The fourth-order valence-electron chi connectivity index (χ4n) is 2.60. The summed E-state index contributed by atoms with van der Waals surface area (Å²) in [6, 6.07) is 2.14. The molecule has 0 unspecified atom stereocenters. The molecule has 0 saturated carbocycles. The summed E-state index contributed by atoms with van der Waals surface area (Å²) in [5.74, 6) is 1.81. The van der Waals surface area contributed by atoms with Gasteiger partial charge in [-0.15, -0.1) is 0 Å². The number of rotatable bonds is 3. The van der Waals surface area contributed by atoms with E-state index in [4.69, 9.17) is 10.5 Å². The number of nitrogens with zero attached hydrogens (tertiary/aromatic N) is 2. The molecule has 1 heterocycles. The molecule has 4 nitrogen and oxygen atoms in total. The average molecular weight is 338 g/mol. The molecule has 0 amide bonds. The molecule has 0 saturated heterocycles. The second-order valence-corrected chi connectivity index (χ2v) is 5.71. The van der Waals surface area contributed by atoms with Crippen LogP contribution in [0.2, 0.25) is 0 Å². The average Bonchev–Trinajstić information content (AvgIpc) is 2.69. The molecule has 20 heavy (non-hydrogen) atoms. The third-order valence-corrected chi connectivity index (χ3v) is 4.37. The zero-order valence-electron chi connectivity index (χ0n) is 12.5. The highest BCUT2D eigenvalue weighted by Gasteiger charge is 2.19. The maximum absolute atomic E-state index is 5.73. The quantitative estimate of drug-likeness (QED) is 0.935. The van der Waals surface area contributed by atoms with Crippen LogP contribution in [0.4, 0.5) is 0 Å². The van der Waals surface area contributed by atoms with Gasteiger partial charge in [-0.3, -0.25) is 0 Å². The first-order valence-corrected chi connectivity index (χ1v) is 7.28. The minimum Gasteiger partial charge on any atom is -0.496 e. The van der Waals surface area contributed by atoms with Crippen LogP contribution in [0.25, 0.3) is 11.3 Å². The zero-order chi connectivity index (χ0) is 15.0. The number of aromatic nitrogens is 2. The van der Waals surface area contributed by atoms with Crippen LogP contribution in [-0.2, 0) is 13.6 Å². The molecule has 0 radical (unpaired) electrons. The summed E-state index contributed by atoms with van der Waals surface area (Å²) in [6.07, 6.45) is 0. The van der Waals surface area contributed by atoms with Crippen molar-refractivity contribution in [3.8, 4) is 17.0 Å². The largest absolute Gasteiger partial charge is 0.496 e. The van der Waals surface area contributed by atoms with Gasteiger partial charge in [0.25, 0.3) is 0 Å². The van der Waals surface area contributed by atoms with Gasteiger partial charge in [-0.05, 0) is 59.5 Å². The summed E-state index contributed by atoms with van der Waals surface area (Å²) in [5, 5.41) is 0. The van der Waals surface area contributed by atoms with Crippen LogP contribution in [-0.4, -0.2) is 16.7 Å². The first kappa shape index (κ1) is 15.1. The van der Waals surface area contributed by atoms with Gasteiger partial charge >= 0.3 is 0 Å². The monoisotopic (exact) mass is 337 g/mol. The van der Waals surface area contributed by atoms with Crippen LogP contribution in [0.1, 0.15) is 22.5 Å². The second-order valence-electron chi connectivity index (χ2n) is 4.95. The molecular weight excluding hydrogens is 318 g/mol. The van der Waals surface area contributed by atoms with Gasteiger partial charge < -0.3 is 15.0 Å². The molecule has 0 bridgehead atoms. The Labute approximate surface area is 128 Å². The van der Waals surface area contributed by atoms with E-state index in [0.29, 0.717) is 6.54 Å². The molecule has 0 atom stereocenters. The van der Waals surface area contributed by atoms with E-state index in [1.165, 1.54) is 5.56 Å². The number of imidazole rings is 1. The molecular formula is C15H20BrN3O. The van der Waals surface area contributed by atoms with Crippen LogP contribution >= 0.6 is 15.9 Å². The SMILES string of the molecule is COc1c(C)cc(-c2c(Br)nc(CN)n2C)c(C)c1C. The Bertz CT molecular complexity index is 662. The zero-order valence-corrected chi connectivity index (χ0v) is 14.1. The van der Waals surface area contributed by atoms with Gasteiger partial charge in [-0.2, -0.15) is 0 Å². The molecule has 0 aliphatic carbocycles. The summed E-state index contributed by atoms with van der Waals surface area (Å²) >= 11 is 3.55. The van der Waals surface area contributed by atoms with Gasteiger partial charge in [-0.1, -0.05) is 0 Å². The van der Waals surface area contributed by atoms with E-state index in [1.54, 1.807) is 7.11 Å². The predicted octanol–water partition coefficient (Wildman–Crippen LogP) is 3.24. The van der Waals surface area contributed by atoms with Crippen molar-refractivity contribution in [3.63, 3.8) is 0 Å². The van der Waals surface area contributed by atoms with Crippen LogP contribution < -0.4 is 10.5 Å². The van der Waals surface area contributed by atoms with Crippen LogP contribution in [0.3, 0.4) is 0 Å². The number of benzene rings is 1. The summed E-state index contributed by atoms with van der Waals surface area (Å²) in [7, 11) is 3.70. The van der Waals surface area contributed by atoms with Gasteiger partial charge in [0.15, 0.2) is 0 Å². The smallest absolute Gasteiger partial charge is 0.132 e. The summed E-state index contributed by atoms with van der Waals surface area (Å²) < 4.78 is 8.35. The Morgan fingerprint density at radius 3 is 2.45 bits per heavy atom. The maximum Gasteiger partial charge on any atom is 0.132 e. The summed E-state index contributed by atoms with van der Waals surface area (Å²) in [6.45, 7) is 6.66. The van der Waals surface area contributed by atoms with Crippen LogP contribution in [0.5, 0.6) is 5.75 Å². The molecule has 1 aromatic carbocycles. The van der Waals surface area contributed by atoms with E-state index in [-0.39, 0.29) is 0 Å².